The van der Waals surface area contributed by atoms with E-state index < -0.39 is 5.97 Å². The van der Waals surface area contributed by atoms with Crippen LogP contribution in [0.3, 0.4) is 0 Å². The van der Waals surface area contributed by atoms with E-state index in [1.165, 1.54) is 21.3 Å². The van der Waals surface area contributed by atoms with E-state index in [2.05, 4.69) is 13.8 Å². The van der Waals surface area contributed by atoms with E-state index >= 15 is 0 Å². The van der Waals surface area contributed by atoms with Crippen molar-refractivity contribution in [2.45, 2.75) is 25.7 Å². The van der Waals surface area contributed by atoms with Gasteiger partial charge in [0.25, 0.3) is 0 Å². The Balaban J connectivity index is 2.97. The molecule has 0 bridgehead atoms. The second kappa shape index (κ2) is 8.12. The van der Waals surface area contributed by atoms with Crippen LogP contribution in [-0.4, -0.2) is 42.7 Å². The van der Waals surface area contributed by atoms with Crippen molar-refractivity contribution in [3.63, 3.8) is 0 Å². The van der Waals surface area contributed by atoms with Crippen molar-refractivity contribution in [2.75, 3.05) is 42.7 Å². The Labute approximate surface area is 154 Å². The maximum Gasteiger partial charge on any atom is 0.311 e. The second-order valence-corrected chi connectivity index (χ2v) is 6.12. The predicted molar refractivity (Wildman–Crippen MR) is 100 cm³/mol. The summed E-state index contributed by atoms with van der Waals surface area (Å²) in [6.07, 6.45) is 0. The van der Waals surface area contributed by atoms with Gasteiger partial charge in [0.05, 0.1) is 21.3 Å². The van der Waals surface area contributed by atoms with Crippen LogP contribution in [0.2, 0.25) is 0 Å². The predicted octanol–water partition coefficient (Wildman–Crippen LogP) is 4.04. The third-order valence-electron chi connectivity index (χ3n) is 4.56. The first-order valence-electron chi connectivity index (χ1n) is 8.35. The smallest absolute Gasteiger partial charge is 0.311 e. The van der Waals surface area contributed by atoms with Crippen LogP contribution in [0.1, 0.15) is 30.9 Å². The first-order chi connectivity index (χ1) is 12.4. The normalized spacial score (nSPS) is 11.9. The summed E-state index contributed by atoms with van der Waals surface area (Å²) in [6, 6.07) is 5.73. The lowest BCUT2D eigenvalue weighted by Gasteiger charge is -2.30. The summed E-state index contributed by atoms with van der Waals surface area (Å²) < 4.78 is 33.4. The van der Waals surface area contributed by atoms with Crippen molar-refractivity contribution < 1.29 is 28.4 Å². The molecule has 0 aliphatic carbocycles. The second-order valence-electron chi connectivity index (χ2n) is 6.12. The minimum Gasteiger partial charge on any atom is -0.496 e. The molecule has 0 saturated carbocycles. The SMILES string of the molecule is COc1cc2c(OC)cc(C(OC)(OC)OC)cc2c(C(C)C)c1OC. The van der Waals surface area contributed by atoms with Crippen LogP contribution in [0.4, 0.5) is 0 Å². The van der Waals surface area contributed by atoms with Crippen LogP contribution in [-0.2, 0) is 20.2 Å². The van der Waals surface area contributed by atoms with Crippen molar-refractivity contribution in [3.8, 4) is 17.2 Å². The third-order valence-corrected chi connectivity index (χ3v) is 4.56. The first-order valence-corrected chi connectivity index (χ1v) is 8.35. The largest absolute Gasteiger partial charge is 0.496 e. The molecule has 26 heavy (non-hydrogen) atoms. The molecular formula is C20H28O6. The van der Waals surface area contributed by atoms with E-state index in [-0.39, 0.29) is 5.92 Å². The van der Waals surface area contributed by atoms with Crippen molar-refractivity contribution in [1.29, 1.82) is 0 Å². The number of benzene rings is 2. The molecule has 0 atom stereocenters. The number of hydrogen-bond acceptors (Lipinski definition) is 6. The molecule has 2 aromatic rings. The van der Waals surface area contributed by atoms with E-state index in [4.69, 9.17) is 28.4 Å². The Morgan fingerprint density at radius 2 is 1.27 bits per heavy atom. The number of ether oxygens (including phenoxy) is 6. The van der Waals surface area contributed by atoms with Gasteiger partial charge in [0.1, 0.15) is 5.75 Å². The van der Waals surface area contributed by atoms with E-state index in [9.17, 15) is 0 Å². The molecule has 0 radical (unpaired) electrons. The zero-order valence-electron chi connectivity index (χ0n) is 16.8. The minimum atomic E-state index is -1.33. The summed E-state index contributed by atoms with van der Waals surface area (Å²) in [5, 5.41) is 1.87. The van der Waals surface area contributed by atoms with Crippen LogP contribution in [0.15, 0.2) is 18.2 Å². The molecule has 2 aromatic carbocycles. The van der Waals surface area contributed by atoms with Gasteiger partial charge in [0, 0.05) is 37.8 Å². The molecule has 0 heterocycles. The van der Waals surface area contributed by atoms with Gasteiger partial charge >= 0.3 is 5.97 Å². The lowest BCUT2D eigenvalue weighted by atomic mass is 9.92. The van der Waals surface area contributed by atoms with E-state index in [0.717, 1.165) is 16.3 Å². The summed E-state index contributed by atoms with van der Waals surface area (Å²) >= 11 is 0. The Hall–Kier alpha value is -2.02. The van der Waals surface area contributed by atoms with Gasteiger partial charge in [-0.1, -0.05) is 13.8 Å². The third kappa shape index (κ3) is 3.20. The number of rotatable bonds is 8. The zero-order chi connectivity index (χ0) is 19.5. The molecule has 0 spiro atoms. The highest BCUT2D eigenvalue weighted by molar-refractivity contribution is 5.95. The maximum atomic E-state index is 5.66. The topological polar surface area (TPSA) is 55.4 Å². The standard InChI is InChI=1S/C20H28O6/c1-12(2)18-15-9-13(20(24-6,25-7)26-8)10-16(21-3)14(15)11-17(22-4)19(18)23-5/h9-12H,1-8H3. The summed E-state index contributed by atoms with van der Waals surface area (Å²) in [4.78, 5) is 0. The van der Waals surface area contributed by atoms with Gasteiger partial charge in [0.2, 0.25) is 0 Å². The molecule has 144 valence electrons. The molecule has 6 nitrogen and oxygen atoms in total. The highest BCUT2D eigenvalue weighted by Gasteiger charge is 2.34. The number of hydrogen-bond donors (Lipinski definition) is 0. The zero-order valence-corrected chi connectivity index (χ0v) is 16.8. The molecule has 0 fully saturated rings. The summed E-state index contributed by atoms with van der Waals surface area (Å²) in [5.41, 5.74) is 1.70. The average Bonchev–Trinajstić information content (AvgIpc) is 2.67. The quantitative estimate of drug-likeness (QED) is 0.659. The molecule has 0 aliphatic heterocycles. The summed E-state index contributed by atoms with van der Waals surface area (Å²) in [5.74, 6) is 0.877. The lowest BCUT2D eigenvalue weighted by Crippen LogP contribution is -2.33. The number of fused-ring (bicyclic) bond motifs is 1. The van der Waals surface area contributed by atoms with Crippen LogP contribution < -0.4 is 14.2 Å². The summed E-state index contributed by atoms with van der Waals surface area (Å²) in [7, 11) is 9.48. The fourth-order valence-electron chi connectivity index (χ4n) is 3.33. The Kier molecular flexibility index (Phi) is 6.34. The van der Waals surface area contributed by atoms with Gasteiger partial charge in [-0.3, -0.25) is 0 Å². The van der Waals surface area contributed by atoms with Crippen molar-refractivity contribution in [1.82, 2.24) is 0 Å². The van der Waals surface area contributed by atoms with E-state index in [1.54, 1.807) is 21.3 Å². The van der Waals surface area contributed by atoms with Gasteiger partial charge in [-0.15, -0.1) is 0 Å². The molecule has 0 N–H and O–H groups in total. The molecule has 6 heteroatoms. The molecule has 0 saturated heterocycles. The molecule has 0 unspecified atom stereocenters. The van der Waals surface area contributed by atoms with Crippen molar-refractivity contribution >= 4 is 10.8 Å². The molecular weight excluding hydrogens is 336 g/mol. The number of methoxy groups -OCH3 is 6. The van der Waals surface area contributed by atoms with E-state index in [1.807, 2.05) is 18.2 Å². The lowest BCUT2D eigenvalue weighted by molar-refractivity contribution is -0.364. The molecule has 0 aliphatic rings. The van der Waals surface area contributed by atoms with Crippen LogP contribution in [0.5, 0.6) is 17.2 Å². The minimum absolute atomic E-state index is 0.185. The fraction of sp³-hybridized carbons (Fsp3) is 0.500. The molecule has 0 amide bonds. The average molecular weight is 364 g/mol. The highest BCUT2D eigenvalue weighted by atomic mass is 16.9. The summed E-state index contributed by atoms with van der Waals surface area (Å²) in [6.45, 7) is 4.21. The maximum absolute atomic E-state index is 5.66. The van der Waals surface area contributed by atoms with Gasteiger partial charge in [-0.05, 0) is 29.5 Å². The Morgan fingerprint density at radius 1 is 0.692 bits per heavy atom. The van der Waals surface area contributed by atoms with Gasteiger partial charge in [-0.25, -0.2) is 0 Å². The molecule has 0 aromatic heterocycles. The Bertz CT molecular complexity index is 756. The van der Waals surface area contributed by atoms with Gasteiger partial charge < -0.3 is 28.4 Å². The van der Waals surface area contributed by atoms with E-state index in [0.29, 0.717) is 22.8 Å². The Morgan fingerprint density at radius 3 is 1.69 bits per heavy atom. The van der Waals surface area contributed by atoms with Crippen molar-refractivity contribution in [3.05, 3.63) is 29.3 Å². The van der Waals surface area contributed by atoms with Gasteiger partial charge in [-0.2, -0.15) is 0 Å². The van der Waals surface area contributed by atoms with Crippen LogP contribution in [0, 0.1) is 0 Å². The van der Waals surface area contributed by atoms with Crippen LogP contribution >= 0.6 is 0 Å². The van der Waals surface area contributed by atoms with Crippen LogP contribution in [0.25, 0.3) is 10.8 Å². The molecule has 2 rings (SSSR count). The highest BCUT2D eigenvalue weighted by Crippen LogP contribution is 2.45. The van der Waals surface area contributed by atoms with Crippen molar-refractivity contribution in [2.24, 2.45) is 0 Å². The fourth-order valence-corrected chi connectivity index (χ4v) is 3.33. The monoisotopic (exact) mass is 364 g/mol. The van der Waals surface area contributed by atoms with Gasteiger partial charge in [0.15, 0.2) is 11.5 Å². The first kappa shape index (κ1) is 20.3.